The molecule has 1 aromatic heterocycles. The fraction of sp³-hybridized carbons (Fsp3) is 0.273. The Kier molecular flexibility index (Phi) is 4.13. The number of piperazine rings is 1. The molecular weight excluding hydrogens is 354 g/mol. The van der Waals surface area contributed by atoms with Crippen molar-refractivity contribution in [2.75, 3.05) is 40.0 Å². The van der Waals surface area contributed by atoms with Crippen molar-refractivity contribution in [3.63, 3.8) is 0 Å². The second-order valence-electron chi connectivity index (χ2n) is 7.39. The fourth-order valence-electron chi connectivity index (χ4n) is 3.82. The number of carbonyl (C=O) groups excluding carboxylic acids is 1. The second kappa shape index (κ2) is 6.80. The highest BCUT2D eigenvalue weighted by Gasteiger charge is 2.25. The lowest BCUT2D eigenvalue weighted by Gasteiger charge is -2.30. The Balaban J connectivity index is 1.59. The molecule has 1 amide bonds. The number of ether oxygens (including phenoxy) is 2. The molecule has 3 aromatic rings. The number of amides is 1. The van der Waals surface area contributed by atoms with Gasteiger partial charge in [-0.05, 0) is 30.3 Å². The summed E-state index contributed by atoms with van der Waals surface area (Å²) in [7, 11) is 2.17. The molecule has 28 heavy (non-hydrogen) atoms. The van der Waals surface area contributed by atoms with Crippen LogP contribution in [0.1, 0.15) is 10.4 Å². The minimum Gasteiger partial charge on any atom is -0.454 e. The van der Waals surface area contributed by atoms with Gasteiger partial charge in [-0.15, -0.1) is 0 Å². The zero-order valence-corrected chi connectivity index (χ0v) is 15.8. The zero-order chi connectivity index (χ0) is 19.1. The average Bonchev–Trinajstić information content (AvgIpc) is 3.21. The number of para-hydroxylation sites is 1. The normalized spacial score (nSPS) is 16.5. The van der Waals surface area contributed by atoms with E-state index in [0.29, 0.717) is 11.3 Å². The van der Waals surface area contributed by atoms with Gasteiger partial charge in [0.05, 0.1) is 50.0 Å². The zero-order valence-electron chi connectivity index (χ0n) is 15.8. The first-order chi connectivity index (χ1) is 13.7. The molecule has 2 aromatic carbocycles. The molecule has 3 heterocycles. The van der Waals surface area contributed by atoms with Gasteiger partial charge in [-0.25, -0.2) is 4.98 Å². The van der Waals surface area contributed by atoms with Gasteiger partial charge >= 0.3 is 0 Å². The Hall–Kier alpha value is -3.12. The monoisotopic (exact) mass is 376 g/mol. The van der Waals surface area contributed by atoms with E-state index >= 15 is 0 Å². The Morgan fingerprint density at radius 2 is 1.82 bits per heavy atom. The van der Waals surface area contributed by atoms with Gasteiger partial charge in [0.15, 0.2) is 11.5 Å². The van der Waals surface area contributed by atoms with E-state index in [1.807, 2.05) is 53.4 Å². The molecule has 0 unspecified atom stereocenters. The third kappa shape index (κ3) is 2.96. The first-order valence-electron chi connectivity index (χ1n) is 9.59. The Morgan fingerprint density at radius 3 is 2.68 bits per heavy atom. The number of rotatable bonds is 2. The van der Waals surface area contributed by atoms with Crippen molar-refractivity contribution in [1.82, 2.24) is 9.88 Å². The summed E-state index contributed by atoms with van der Waals surface area (Å²) in [5.74, 6) is 1.52. The third-order valence-electron chi connectivity index (χ3n) is 5.52. The Morgan fingerprint density at radius 1 is 1.04 bits per heavy atom. The van der Waals surface area contributed by atoms with Crippen LogP contribution in [-0.2, 0) is 0 Å². The van der Waals surface area contributed by atoms with Gasteiger partial charge in [-0.3, -0.25) is 4.79 Å². The van der Waals surface area contributed by atoms with Crippen molar-refractivity contribution in [2.24, 2.45) is 0 Å². The molecule has 6 nitrogen and oxygen atoms in total. The van der Waals surface area contributed by atoms with Crippen LogP contribution in [0.25, 0.3) is 22.2 Å². The maximum atomic E-state index is 13.3. The van der Waals surface area contributed by atoms with Crippen LogP contribution in [0.3, 0.4) is 0 Å². The van der Waals surface area contributed by atoms with Crippen molar-refractivity contribution in [1.29, 1.82) is 0 Å². The quantitative estimate of drug-likeness (QED) is 0.738. The summed E-state index contributed by atoms with van der Waals surface area (Å²) < 4.78 is 10.9. The van der Waals surface area contributed by atoms with Crippen LogP contribution in [-0.4, -0.2) is 55.8 Å². The number of quaternary nitrogens is 1. The van der Waals surface area contributed by atoms with Gasteiger partial charge in [0.2, 0.25) is 6.79 Å². The lowest BCUT2D eigenvalue weighted by atomic mass is 10.0. The lowest BCUT2D eigenvalue weighted by molar-refractivity contribution is -0.883. The molecule has 0 saturated carbocycles. The molecule has 1 fully saturated rings. The molecular formula is C22H22N3O3+. The number of nitrogens with one attached hydrogen (secondary N) is 1. The predicted molar refractivity (Wildman–Crippen MR) is 106 cm³/mol. The van der Waals surface area contributed by atoms with Gasteiger partial charge in [0.1, 0.15) is 0 Å². The Bertz CT molecular complexity index is 1060. The second-order valence-corrected chi connectivity index (χ2v) is 7.39. The summed E-state index contributed by atoms with van der Waals surface area (Å²) in [6.07, 6.45) is 0. The topological polar surface area (TPSA) is 56.1 Å². The van der Waals surface area contributed by atoms with Crippen molar-refractivity contribution in [3.05, 3.63) is 54.1 Å². The molecule has 0 aliphatic carbocycles. The molecule has 142 valence electrons. The van der Waals surface area contributed by atoms with Gasteiger partial charge in [-0.1, -0.05) is 18.2 Å². The smallest absolute Gasteiger partial charge is 0.255 e. The summed E-state index contributed by atoms with van der Waals surface area (Å²) in [6.45, 7) is 3.74. The van der Waals surface area contributed by atoms with Crippen molar-refractivity contribution in [2.45, 2.75) is 0 Å². The number of nitrogens with zero attached hydrogens (tertiary/aromatic N) is 2. The molecule has 0 spiro atoms. The van der Waals surface area contributed by atoms with Gasteiger partial charge in [-0.2, -0.15) is 0 Å². The van der Waals surface area contributed by atoms with E-state index in [0.717, 1.165) is 54.1 Å². The van der Waals surface area contributed by atoms with Gasteiger partial charge in [0.25, 0.3) is 5.91 Å². The number of hydrogen-bond acceptors (Lipinski definition) is 4. The number of likely N-dealkylation sites (N-methyl/N-ethyl adjacent to an activating group) is 1. The molecule has 1 N–H and O–H groups in total. The maximum absolute atomic E-state index is 13.3. The predicted octanol–water partition coefficient (Wildman–Crippen LogP) is 1.60. The Labute approximate surface area is 163 Å². The average molecular weight is 376 g/mol. The molecule has 5 rings (SSSR count). The summed E-state index contributed by atoms with van der Waals surface area (Å²) in [5.41, 5.74) is 3.20. The first-order valence-corrected chi connectivity index (χ1v) is 9.59. The third-order valence-corrected chi connectivity index (χ3v) is 5.52. The van der Waals surface area contributed by atoms with Crippen molar-refractivity contribution >= 4 is 16.8 Å². The molecule has 0 radical (unpaired) electrons. The molecule has 2 aliphatic heterocycles. The van der Waals surface area contributed by atoms with E-state index in [9.17, 15) is 4.79 Å². The first kappa shape index (κ1) is 17.0. The molecule has 1 saturated heterocycles. The van der Waals surface area contributed by atoms with Crippen LogP contribution in [0, 0.1) is 0 Å². The van der Waals surface area contributed by atoms with Crippen LogP contribution >= 0.6 is 0 Å². The number of fused-ring (bicyclic) bond motifs is 2. The van der Waals surface area contributed by atoms with E-state index in [1.165, 1.54) is 4.90 Å². The highest BCUT2D eigenvalue weighted by Crippen LogP contribution is 2.36. The largest absolute Gasteiger partial charge is 0.454 e. The van der Waals surface area contributed by atoms with Gasteiger partial charge in [0, 0.05) is 10.9 Å². The van der Waals surface area contributed by atoms with E-state index in [4.69, 9.17) is 14.5 Å². The lowest BCUT2D eigenvalue weighted by Crippen LogP contribution is -3.12. The molecule has 2 aliphatic rings. The van der Waals surface area contributed by atoms with Gasteiger partial charge < -0.3 is 19.3 Å². The number of pyridine rings is 1. The van der Waals surface area contributed by atoms with Crippen LogP contribution in [0.15, 0.2) is 48.5 Å². The van der Waals surface area contributed by atoms with Crippen molar-refractivity contribution < 1.29 is 19.2 Å². The summed E-state index contributed by atoms with van der Waals surface area (Å²) in [6, 6.07) is 15.5. The SMILES string of the molecule is C[NH+]1CCN(C(=O)c2cc(-c3ccc4c(c3)OCO4)nc3ccccc23)CC1. The number of benzene rings is 2. The maximum Gasteiger partial charge on any atom is 0.255 e. The summed E-state index contributed by atoms with van der Waals surface area (Å²) >= 11 is 0. The van der Waals surface area contributed by atoms with Crippen LogP contribution < -0.4 is 14.4 Å². The van der Waals surface area contributed by atoms with Crippen LogP contribution in [0.4, 0.5) is 0 Å². The molecule has 0 bridgehead atoms. The highest BCUT2D eigenvalue weighted by atomic mass is 16.7. The molecule has 6 heteroatoms. The van der Waals surface area contributed by atoms with E-state index in [1.54, 1.807) is 0 Å². The van der Waals surface area contributed by atoms with Crippen molar-refractivity contribution in [3.8, 4) is 22.8 Å². The summed E-state index contributed by atoms with van der Waals surface area (Å²) in [5, 5.41) is 0.892. The minimum atomic E-state index is 0.0769. The van der Waals surface area contributed by atoms with E-state index in [2.05, 4.69) is 7.05 Å². The highest BCUT2D eigenvalue weighted by molar-refractivity contribution is 6.07. The molecule has 0 atom stereocenters. The number of carbonyl (C=O) groups is 1. The van der Waals surface area contributed by atoms with E-state index < -0.39 is 0 Å². The van der Waals surface area contributed by atoms with E-state index in [-0.39, 0.29) is 12.7 Å². The van der Waals surface area contributed by atoms with Crippen LogP contribution in [0.2, 0.25) is 0 Å². The number of hydrogen-bond donors (Lipinski definition) is 1. The summed E-state index contributed by atoms with van der Waals surface area (Å²) in [4.78, 5) is 21.6. The number of aromatic nitrogens is 1. The van der Waals surface area contributed by atoms with Crippen LogP contribution in [0.5, 0.6) is 11.5 Å². The standard InChI is InChI=1S/C22H21N3O3/c1-24-8-10-25(11-9-24)22(26)17-13-19(23-18-5-3-2-4-16(17)18)15-6-7-20-21(12-15)28-14-27-20/h2-7,12-13H,8-11,14H2,1H3/p+1. The minimum absolute atomic E-state index is 0.0769. The fourth-order valence-corrected chi connectivity index (χ4v) is 3.82.